The van der Waals surface area contributed by atoms with E-state index in [0.717, 1.165) is 0 Å². The van der Waals surface area contributed by atoms with Crippen LogP contribution in [-0.2, 0) is 23.9 Å². The Morgan fingerprint density at radius 3 is 2.25 bits per heavy atom. The largest absolute Gasteiger partial charge is 0.394 e. The van der Waals surface area contributed by atoms with Crippen LogP contribution in [0.4, 0.5) is 0 Å². The Kier molecular flexibility index (Phi) is 7.78. The van der Waals surface area contributed by atoms with Crippen LogP contribution in [0, 0.1) is 0 Å². The van der Waals surface area contributed by atoms with E-state index >= 15 is 0 Å². The van der Waals surface area contributed by atoms with Crippen LogP contribution in [0.3, 0.4) is 0 Å². The zero-order chi connectivity index (χ0) is 15.9. The van der Waals surface area contributed by atoms with Gasteiger partial charge in [0.05, 0.1) is 12.9 Å². The molecule has 0 rings (SSSR count). The molecule has 0 unspecified atom stereocenters. The van der Waals surface area contributed by atoms with Crippen LogP contribution in [0.5, 0.6) is 0 Å². The molecule has 0 aliphatic heterocycles. The van der Waals surface area contributed by atoms with E-state index in [4.69, 9.17) is 10.2 Å². The van der Waals surface area contributed by atoms with Gasteiger partial charge in [0.25, 0.3) is 10.1 Å². The average Bonchev–Trinajstić information content (AvgIpc) is 2.39. The molecule has 0 radical (unpaired) electrons. The van der Waals surface area contributed by atoms with Crippen molar-refractivity contribution < 1.29 is 42.6 Å². The van der Waals surface area contributed by atoms with Crippen molar-refractivity contribution in [3.63, 3.8) is 0 Å². The zero-order valence-electron chi connectivity index (χ0n) is 10.5. The van der Waals surface area contributed by atoms with E-state index in [1.165, 1.54) is 0 Å². The number of carbonyl (C=O) groups excluding carboxylic acids is 2. The highest BCUT2D eigenvalue weighted by molar-refractivity contribution is 7.86. The predicted octanol–water partition coefficient (Wildman–Crippen LogP) is -4.28. The summed E-state index contributed by atoms with van der Waals surface area (Å²) in [7, 11) is -3.85. The molecule has 0 saturated carbocycles. The Morgan fingerprint density at radius 2 is 1.85 bits per heavy atom. The number of aliphatic hydroxyl groups excluding tert-OH is 4. The quantitative estimate of drug-likeness (QED) is 0.209. The van der Waals surface area contributed by atoms with Gasteiger partial charge in [-0.3, -0.25) is 8.98 Å². The van der Waals surface area contributed by atoms with E-state index in [-0.39, 0.29) is 6.29 Å². The number of amides is 1. The van der Waals surface area contributed by atoms with Crippen molar-refractivity contribution in [2.24, 2.45) is 0 Å². The van der Waals surface area contributed by atoms with Gasteiger partial charge in [0.2, 0.25) is 5.91 Å². The highest BCUT2D eigenvalue weighted by Gasteiger charge is 2.32. The maximum atomic E-state index is 11.3. The van der Waals surface area contributed by atoms with Crippen molar-refractivity contribution in [1.29, 1.82) is 0 Å². The zero-order valence-corrected chi connectivity index (χ0v) is 11.4. The van der Waals surface area contributed by atoms with E-state index in [9.17, 15) is 28.2 Å². The van der Waals surface area contributed by atoms with Crippen molar-refractivity contribution in [1.82, 2.24) is 5.32 Å². The monoisotopic (exact) mass is 315 g/mol. The van der Waals surface area contributed by atoms with Gasteiger partial charge >= 0.3 is 0 Å². The van der Waals surface area contributed by atoms with Gasteiger partial charge in [-0.2, -0.15) is 8.42 Å². The summed E-state index contributed by atoms with van der Waals surface area (Å²) < 4.78 is 25.4. The second kappa shape index (κ2) is 8.24. The lowest BCUT2D eigenvalue weighted by Crippen LogP contribution is -2.54. The molecule has 0 aromatic carbocycles. The van der Waals surface area contributed by atoms with Crippen molar-refractivity contribution in [3.8, 4) is 0 Å². The molecule has 0 fully saturated rings. The number of hydrogen-bond acceptors (Lipinski definition) is 9. The fourth-order valence-corrected chi connectivity index (χ4v) is 1.46. The van der Waals surface area contributed by atoms with E-state index in [1.807, 2.05) is 5.32 Å². The molecule has 0 aliphatic rings. The minimum Gasteiger partial charge on any atom is -0.394 e. The van der Waals surface area contributed by atoms with Gasteiger partial charge < -0.3 is 30.5 Å². The molecular weight excluding hydrogens is 298 g/mol. The third-order valence-electron chi connectivity index (χ3n) is 2.18. The van der Waals surface area contributed by atoms with E-state index in [1.54, 1.807) is 0 Å². The highest BCUT2D eigenvalue weighted by Crippen LogP contribution is 2.04. The van der Waals surface area contributed by atoms with Gasteiger partial charge in [0.15, 0.2) is 0 Å². The first-order valence-electron chi connectivity index (χ1n) is 5.36. The van der Waals surface area contributed by atoms with Gasteiger partial charge in [-0.1, -0.05) is 0 Å². The van der Waals surface area contributed by atoms with Gasteiger partial charge in [-0.15, -0.1) is 0 Å². The number of rotatable bonds is 9. The van der Waals surface area contributed by atoms with Crippen LogP contribution in [-0.4, -0.2) is 84.9 Å². The van der Waals surface area contributed by atoms with Crippen LogP contribution < -0.4 is 5.32 Å². The van der Waals surface area contributed by atoms with Crippen molar-refractivity contribution >= 4 is 22.3 Å². The van der Waals surface area contributed by atoms with Crippen molar-refractivity contribution in [2.75, 3.05) is 19.5 Å². The summed E-state index contributed by atoms with van der Waals surface area (Å²) in [6, 6.07) is -1.61. The normalized spacial score (nSPS) is 17.9. The Bertz CT molecular complexity index is 423. The average molecular weight is 315 g/mol. The molecule has 0 spiro atoms. The molecule has 0 aromatic heterocycles. The molecule has 0 saturated heterocycles. The standard InChI is InChI=1S/C9H17NO9S/c1-20(17,18)19-4-7(14)10-5(2-11)8(15)9(16)6(13)3-12/h2,5-6,8-9,12-13,15-16H,3-4H2,1H3,(H,10,14)/t5-,6+,8+,9-/m0/s1. The minimum absolute atomic E-state index is 0.0797. The second-order valence-corrected chi connectivity index (χ2v) is 5.57. The smallest absolute Gasteiger partial charge is 0.264 e. The highest BCUT2D eigenvalue weighted by atomic mass is 32.2. The maximum Gasteiger partial charge on any atom is 0.264 e. The van der Waals surface area contributed by atoms with Gasteiger partial charge in [0, 0.05) is 0 Å². The van der Waals surface area contributed by atoms with Crippen LogP contribution >= 0.6 is 0 Å². The van der Waals surface area contributed by atoms with Crippen LogP contribution in [0.15, 0.2) is 0 Å². The lowest BCUT2D eigenvalue weighted by molar-refractivity contribution is -0.132. The van der Waals surface area contributed by atoms with Gasteiger partial charge in [-0.05, 0) is 0 Å². The minimum atomic E-state index is -3.85. The summed E-state index contributed by atoms with van der Waals surface area (Å²) >= 11 is 0. The molecule has 0 aliphatic carbocycles. The molecule has 5 N–H and O–H groups in total. The Morgan fingerprint density at radius 1 is 1.30 bits per heavy atom. The Hall–Kier alpha value is -1.11. The fraction of sp³-hybridized carbons (Fsp3) is 0.778. The molecule has 0 bridgehead atoms. The third kappa shape index (κ3) is 6.88. The summed E-state index contributed by atoms with van der Waals surface area (Å²) in [6.45, 7) is -1.77. The summed E-state index contributed by atoms with van der Waals surface area (Å²) in [5.74, 6) is -1.03. The second-order valence-electron chi connectivity index (χ2n) is 3.93. The first-order chi connectivity index (χ1) is 9.12. The van der Waals surface area contributed by atoms with E-state index in [2.05, 4.69) is 4.18 Å². The number of aliphatic hydroxyl groups is 4. The van der Waals surface area contributed by atoms with Crippen molar-refractivity contribution in [2.45, 2.75) is 24.4 Å². The molecule has 0 heterocycles. The molecule has 11 heteroatoms. The van der Waals surface area contributed by atoms with Gasteiger partial charge in [0.1, 0.15) is 37.2 Å². The number of hydrogen-bond donors (Lipinski definition) is 5. The summed E-state index contributed by atoms with van der Waals surface area (Å²) in [5, 5.41) is 38.5. The molecule has 4 atom stereocenters. The van der Waals surface area contributed by atoms with Gasteiger partial charge in [-0.25, -0.2) is 0 Å². The van der Waals surface area contributed by atoms with Crippen LogP contribution in [0.2, 0.25) is 0 Å². The first-order valence-corrected chi connectivity index (χ1v) is 7.18. The Labute approximate surface area is 115 Å². The third-order valence-corrected chi connectivity index (χ3v) is 2.72. The van der Waals surface area contributed by atoms with E-state index < -0.39 is 53.6 Å². The summed E-state index contributed by atoms with van der Waals surface area (Å²) in [5.41, 5.74) is 0. The Balaban J connectivity index is 4.54. The fourth-order valence-electron chi connectivity index (χ4n) is 1.14. The molecule has 1 amide bonds. The molecule has 118 valence electrons. The SMILES string of the molecule is CS(=O)(=O)OCC(=O)N[C@@H](C=O)[C@@H](O)[C@@H](O)[C@H](O)CO. The molecule has 0 aromatic rings. The molecule has 20 heavy (non-hydrogen) atoms. The number of carbonyl (C=O) groups is 2. The molecular formula is C9H17NO9S. The molecule has 10 nitrogen and oxygen atoms in total. The van der Waals surface area contributed by atoms with Crippen LogP contribution in [0.1, 0.15) is 0 Å². The topological polar surface area (TPSA) is 170 Å². The predicted molar refractivity (Wildman–Crippen MR) is 63.9 cm³/mol. The van der Waals surface area contributed by atoms with Crippen molar-refractivity contribution in [3.05, 3.63) is 0 Å². The summed E-state index contributed by atoms with van der Waals surface area (Å²) in [4.78, 5) is 22.0. The first kappa shape index (κ1) is 18.9. The summed E-state index contributed by atoms with van der Waals surface area (Å²) in [6.07, 6.45) is -4.69. The number of aldehydes is 1. The van der Waals surface area contributed by atoms with Crippen LogP contribution in [0.25, 0.3) is 0 Å². The number of nitrogens with one attached hydrogen (secondary N) is 1. The lowest BCUT2D eigenvalue weighted by atomic mass is 10.0. The van der Waals surface area contributed by atoms with E-state index in [0.29, 0.717) is 6.26 Å². The lowest BCUT2D eigenvalue weighted by Gasteiger charge is -2.26. The maximum absolute atomic E-state index is 11.3.